The first-order valence-corrected chi connectivity index (χ1v) is 9.07. The third kappa shape index (κ3) is 4.06. The Morgan fingerprint density at radius 1 is 1.26 bits per heavy atom. The average Bonchev–Trinajstić information content (AvgIpc) is 2.66. The summed E-state index contributed by atoms with van der Waals surface area (Å²) in [5, 5.41) is 14.6. The van der Waals surface area contributed by atoms with Crippen molar-refractivity contribution in [1.82, 2.24) is 5.32 Å². The van der Waals surface area contributed by atoms with Crippen LogP contribution in [0.2, 0.25) is 0 Å². The van der Waals surface area contributed by atoms with Gasteiger partial charge in [0, 0.05) is 17.0 Å². The lowest BCUT2D eigenvalue weighted by Crippen LogP contribution is -2.27. The van der Waals surface area contributed by atoms with Gasteiger partial charge in [0.15, 0.2) is 0 Å². The number of carbonyl (C=O) groups is 3. The summed E-state index contributed by atoms with van der Waals surface area (Å²) < 4.78 is 5.02. The van der Waals surface area contributed by atoms with E-state index in [0.717, 1.165) is 4.90 Å². The number of carbonyl (C=O) groups excluding carboxylic acids is 2. The Morgan fingerprint density at radius 3 is 2.74 bits per heavy atom. The van der Waals surface area contributed by atoms with Crippen LogP contribution in [-0.4, -0.2) is 35.2 Å². The third-order valence-electron chi connectivity index (χ3n) is 4.12. The molecule has 0 spiro atoms. The van der Waals surface area contributed by atoms with Gasteiger partial charge in [0.2, 0.25) is 5.91 Å². The summed E-state index contributed by atoms with van der Waals surface area (Å²) >= 11 is 1.45. The van der Waals surface area contributed by atoms with Gasteiger partial charge in [0.05, 0.1) is 18.0 Å². The van der Waals surface area contributed by atoms with Crippen LogP contribution in [0.25, 0.3) is 0 Å². The fraction of sp³-hybridized carbons (Fsp3) is 0.211. The van der Waals surface area contributed by atoms with E-state index in [-0.39, 0.29) is 34.9 Å². The number of aromatic carboxylic acids is 1. The molecular formula is C19H18N2O5S. The second kappa shape index (κ2) is 7.71. The van der Waals surface area contributed by atoms with E-state index in [4.69, 9.17) is 4.74 Å². The van der Waals surface area contributed by atoms with E-state index in [0.29, 0.717) is 16.8 Å². The number of rotatable bonds is 5. The molecule has 1 aliphatic heterocycles. The number of thioether (sulfide) groups is 1. The molecule has 0 fully saturated rings. The van der Waals surface area contributed by atoms with Crippen molar-refractivity contribution in [1.29, 1.82) is 0 Å². The summed E-state index contributed by atoms with van der Waals surface area (Å²) in [6, 6.07) is 9.85. The van der Waals surface area contributed by atoms with E-state index in [9.17, 15) is 19.5 Å². The third-order valence-corrected chi connectivity index (χ3v) is 5.30. The van der Waals surface area contributed by atoms with E-state index in [2.05, 4.69) is 10.6 Å². The Morgan fingerprint density at radius 2 is 2.04 bits per heavy atom. The van der Waals surface area contributed by atoms with Gasteiger partial charge in [-0.1, -0.05) is 6.07 Å². The Labute approximate surface area is 160 Å². The Hall–Kier alpha value is -3.00. The number of carboxylic acids is 1. The minimum Gasteiger partial charge on any atom is -0.496 e. The van der Waals surface area contributed by atoms with Crippen LogP contribution in [0, 0.1) is 0 Å². The van der Waals surface area contributed by atoms with E-state index in [1.54, 1.807) is 30.3 Å². The molecule has 0 aliphatic carbocycles. The van der Waals surface area contributed by atoms with E-state index >= 15 is 0 Å². The first kappa shape index (κ1) is 18.8. The molecule has 0 unspecified atom stereocenters. The van der Waals surface area contributed by atoms with Crippen molar-refractivity contribution >= 4 is 35.2 Å². The monoisotopic (exact) mass is 386 g/mol. The molecule has 0 bridgehead atoms. The maximum Gasteiger partial charge on any atom is 0.339 e. The standard InChI is InChI=1S/C19H18N2O5S/c1-10-17(22)21-14-8-12(4-6-16(14)27-10)18(23)20-9-11-3-5-15(26-2)13(7-11)19(24)25/h3-8,10H,9H2,1-2H3,(H,20,23)(H,21,22)(H,24,25)/t10-/m0/s1. The van der Waals surface area contributed by atoms with Crippen molar-refractivity contribution in [2.24, 2.45) is 0 Å². The van der Waals surface area contributed by atoms with E-state index in [1.165, 1.54) is 24.9 Å². The number of methoxy groups -OCH3 is 1. The lowest BCUT2D eigenvalue weighted by Gasteiger charge is -2.21. The molecule has 1 heterocycles. The van der Waals surface area contributed by atoms with Crippen molar-refractivity contribution in [3.05, 3.63) is 53.1 Å². The Balaban J connectivity index is 1.72. The number of anilines is 1. The lowest BCUT2D eigenvalue weighted by molar-refractivity contribution is -0.115. The second-order valence-electron chi connectivity index (χ2n) is 5.98. The van der Waals surface area contributed by atoms with Gasteiger partial charge in [-0.3, -0.25) is 9.59 Å². The second-order valence-corrected chi connectivity index (χ2v) is 7.37. The summed E-state index contributed by atoms with van der Waals surface area (Å²) in [5.41, 5.74) is 1.70. The number of nitrogens with one attached hydrogen (secondary N) is 2. The molecule has 0 radical (unpaired) electrons. The highest BCUT2D eigenvalue weighted by Crippen LogP contribution is 2.35. The Kier molecular flexibility index (Phi) is 5.36. The first-order chi connectivity index (χ1) is 12.9. The molecule has 7 nitrogen and oxygen atoms in total. The van der Waals surface area contributed by atoms with Gasteiger partial charge in [-0.2, -0.15) is 0 Å². The number of ether oxygens (including phenoxy) is 1. The van der Waals surface area contributed by atoms with Crippen LogP contribution < -0.4 is 15.4 Å². The summed E-state index contributed by atoms with van der Waals surface area (Å²) in [4.78, 5) is 36.4. The highest BCUT2D eigenvalue weighted by molar-refractivity contribution is 8.00. The number of hydrogen-bond acceptors (Lipinski definition) is 5. The highest BCUT2D eigenvalue weighted by atomic mass is 32.2. The van der Waals surface area contributed by atoms with Crippen LogP contribution in [-0.2, 0) is 11.3 Å². The fourth-order valence-electron chi connectivity index (χ4n) is 2.67. The molecule has 0 aromatic heterocycles. The maximum atomic E-state index is 12.4. The van der Waals surface area contributed by atoms with Crippen LogP contribution in [0.3, 0.4) is 0 Å². The zero-order valence-electron chi connectivity index (χ0n) is 14.7. The van der Waals surface area contributed by atoms with Gasteiger partial charge in [0.25, 0.3) is 5.91 Å². The van der Waals surface area contributed by atoms with Crippen LogP contribution in [0.15, 0.2) is 41.3 Å². The minimum atomic E-state index is -1.10. The minimum absolute atomic E-state index is 0.0342. The number of carboxylic acid groups (broad SMARTS) is 1. The summed E-state index contributed by atoms with van der Waals surface area (Å²) in [7, 11) is 1.40. The highest BCUT2D eigenvalue weighted by Gasteiger charge is 2.23. The quantitative estimate of drug-likeness (QED) is 0.730. The van der Waals surface area contributed by atoms with Gasteiger partial charge in [0.1, 0.15) is 11.3 Å². The molecular weight excluding hydrogens is 368 g/mol. The average molecular weight is 386 g/mol. The Bertz CT molecular complexity index is 928. The topological polar surface area (TPSA) is 105 Å². The molecule has 0 saturated carbocycles. The molecule has 8 heteroatoms. The van der Waals surface area contributed by atoms with Crippen molar-refractivity contribution in [2.75, 3.05) is 12.4 Å². The molecule has 27 heavy (non-hydrogen) atoms. The van der Waals surface area contributed by atoms with Crippen molar-refractivity contribution in [3.8, 4) is 5.75 Å². The molecule has 2 aromatic rings. The van der Waals surface area contributed by atoms with Crippen LogP contribution in [0.1, 0.15) is 33.2 Å². The molecule has 140 valence electrons. The van der Waals surface area contributed by atoms with Crippen LogP contribution in [0.4, 0.5) is 5.69 Å². The van der Waals surface area contributed by atoms with Crippen molar-refractivity contribution in [2.45, 2.75) is 23.6 Å². The molecule has 3 N–H and O–H groups in total. The van der Waals surface area contributed by atoms with Gasteiger partial charge < -0.3 is 20.5 Å². The van der Waals surface area contributed by atoms with Crippen molar-refractivity contribution < 1.29 is 24.2 Å². The van der Waals surface area contributed by atoms with Gasteiger partial charge in [-0.15, -0.1) is 11.8 Å². The maximum absolute atomic E-state index is 12.4. The van der Waals surface area contributed by atoms with E-state index in [1.807, 2.05) is 6.92 Å². The molecule has 1 aliphatic rings. The number of amides is 2. The molecule has 0 saturated heterocycles. The number of fused-ring (bicyclic) bond motifs is 1. The van der Waals surface area contributed by atoms with Gasteiger partial charge in [-0.05, 0) is 42.8 Å². The SMILES string of the molecule is COc1ccc(CNC(=O)c2ccc3c(c2)NC(=O)[C@H](C)S3)cc1C(=O)O. The zero-order valence-corrected chi connectivity index (χ0v) is 15.6. The summed E-state index contributed by atoms with van der Waals surface area (Å²) in [6.45, 7) is 1.99. The normalized spacial score (nSPS) is 15.5. The molecule has 1 atom stereocenters. The number of hydrogen-bond donors (Lipinski definition) is 3. The molecule has 2 aromatic carbocycles. The van der Waals surface area contributed by atoms with Crippen molar-refractivity contribution in [3.63, 3.8) is 0 Å². The first-order valence-electron chi connectivity index (χ1n) is 8.19. The smallest absolute Gasteiger partial charge is 0.339 e. The zero-order chi connectivity index (χ0) is 19.6. The van der Waals surface area contributed by atoms with Gasteiger partial charge >= 0.3 is 5.97 Å². The fourth-order valence-corrected chi connectivity index (χ4v) is 3.60. The van der Waals surface area contributed by atoms with Gasteiger partial charge in [-0.25, -0.2) is 4.79 Å². The summed E-state index contributed by atoms with van der Waals surface area (Å²) in [5.74, 6) is -1.25. The predicted octanol–water partition coefficient (Wildman–Crippen LogP) is 2.76. The lowest BCUT2D eigenvalue weighted by atomic mass is 10.1. The predicted molar refractivity (Wildman–Crippen MR) is 102 cm³/mol. The number of benzene rings is 2. The molecule has 3 rings (SSSR count). The van der Waals surface area contributed by atoms with Crippen LogP contribution >= 0.6 is 11.8 Å². The summed E-state index contributed by atoms with van der Waals surface area (Å²) in [6.07, 6.45) is 0. The van der Waals surface area contributed by atoms with E-state index < -0.39 is 5.97 Å². The largest absolute Gasteiger partial charge is 0.496 e. The van der Waals surface area contributed by atoms with Crippen LogP contribution in [0.5, 0.6) is 5.75 Å². The molecule has 2 amide bonds.